The molecule has 0 bridgehead atoms. The van der Waals surface area contributed by atoms with Crippen LogP contribution in [-0.2, 0) is 54.0 Å². The van der Waals surface area contributed by atoms with Crippen molar-refractivity contribution in [1.29, 1.82) is 0 Å². The van der Waals surface area contributed by atoms with Crippen molar-refractivity contribution < 1.29 is 38.5 Å². The van der Waals surface area contributed by atoms with Gasteiger partial charge >= 0.3 is 18.1 Å². The summed E-state index contributed by atoms with van der Waals surface area (Å²) in [7, 11) is 0. The van der Waals surface area contributed by atoms with Crippen LogP contribution in [0.5, 0.6) is 0 Å². The minimum Gasteiger partial charge on any atom is -0.480 e. The molecular formula is C33H30N4O9. The number of cyclic esters (lactones) is 1. The molecule has 6 rings (SSSR count). The van der Waals surface area contributed by atoms with E-state index in [0.717, 1.165) is 16.5 Å². The molecule has 2 aromatic carbocycles. The van der Waals surface area contributed by atoms with Crippen molar-refractivity contribution >= 4 is 40.6 Å². The highest BCUT2D eigenvalue weighted by Crippen LogP contribution is 2.41. The molecule has 46 heavy (non-hydrogen) atoms. The molecule has 13 nitrogen and oxygen atoms in total. The van der Waals surface area contributed by atoms with Gasteiger partial charge in [0.25, 0.3) is 5.56 Å². The van der Waals surface area contributed by atoms with Crippen molar-refractivity contribution in [2.24, 2.45) is 5.73 Å². The Kier molecular flexibility index (Phi) is 8.00. The molecule has 0 aliphatic carbocycles. The molecule has 236 valence electrons. The topological polar surface area (TPSA) is 189 Å². The molecule has 0 fully saturated rings. The number of carboxylic acids is 1. The van der Waals surface area contributed by atoms with Crippen molar-refractivity contribution in [3.05, 3.63) is 93.3 Å². The zero-order valence-corrected chi connectivity index (χ0v) is 24.8. The minimum absolute atomic E-state index is 0.00865. The molecule has 0 spiro atoms. The maximum atomic E-state index is 13.7. The number of nitrogens with two attached hydrogens (primary N) is 1. The normalized spacial score (nSPS) is 16.9. The molecule has 0 saturated carbocycles. The molecule has 2 atom stereocenters. The number of ether oxygens (including phenoxy) is 3. The van der Waals surface area contributed by atoms with Gasteiger partial charge in [0.15, 0.2) is 0 Å². The quantitative estimate of drug-likeness (QED) is 0.203. The number of aliphatic carboxylic acids is 1. The van der Waals surface area contributed by atoms with E-state index in [0.29, 0.717) is 29.2 Å². The van der Waals surface area contributed by atoms with Gasteiger partial charge in [0.05, 0.1) is 29.0 Å². The van der Waals surface area contributed by atoms with Gasteiger partial charge in [0.2, 0.25) is 11.5 Å². The SMILES string of the molecule is CC[C@@]1(OC(=O)OCc2ccc(NC(=O)CCC(N)C(=O)O)cc2)C(=O)OCc2c1cc1n(c2=O)Cc2cc3ccccc3nc2-1. The molecular weight excluding hydrogens is 596 g/mol. The number of aromatic nitrogens is 2. The zero-order valence-electron chi connectivity index (χ0n) is 24.8. The monoisotopic (exact) mass is 626 g/mol. The molecule has 0 saturated heterocycles. The van der Waals surface area contributed by atoms with E-state index in [9.17, 15) is 24.0 Å². The van der Waals surface area contributed by atoms with E-state index < -0.39 is 35.6 Å². The summed E-state index contributed by atoms with van der Waals surface area (Å²) in [4.78, 5) is 67.6. The summed E-state index contributed by atoms with van der Waals surface area (Å²) in [5.41, 5.74) is 7.41. The third-order valence-corrected chi connectivity index (χ3v) is 8.24. The van der Waals surface area contributed by atoms with Gasteiger partial charge in [0, 0.05) is 28.6 Å². The average molecular weight is 627 g/mol. The molecule has 2 aliphatic rings. The summed E-state index contributed by atoms with van der Waals surface area (Å²) in [6.45, 7) is 1.50. The lowest BCUT2D eigenvalue weighted by atomic mass is 9.85. The van der Waals surface area contributed by atoms with Crippen LogP contribution in [0, 0.1) is 0 Å². The average Bonchev–Trinajstić information content (AvgIpc) is 3.41. The van der Waals surface area contributed by atoms with Crippen LogP contribution in [0.15, 0.2) is 65.5 Å². The molecule has 4 heterocycles. The van der Waals surface area contributed by atoms with Crippen molar-refractivity contribution in [3.63, 3.8) is 0 Å². The number of amides is 1. The van der Waals surface area contributed by atoms with Gasteiger partial charge in [-0.3, -0.25) is 14.4 Å². The lowest BCUT2D eigenvalue weighted by Crippen LogP contribution is -2.47. The smallest absolute Gasteiger partial charge is 0.480 e. The number of rotatable bonds is 9. The molecule has 1 unspecified atom stereocenters. The Hall–Kier alpha value is -5.56. The number of nitrogens with zero attached hydrogens (tertiary/aromatic N) is 2. The summed E-state index contributed by atoms with van der Waals surface area (Å²) >= 11 is 0. The van der Waals surface area contributed by atoms with E-state index in [-0.39, 0.29) is 49.2 Å². The summed E-state index contributed by atoms with van der Waals surface area (Å²) in [5, 5.41) is 12.4. The molecule has 13 heteroatoms. The predicted molar refractivity (Wildman–Crippen MR) is 163 cm³/mol. The number of anilines is 1. The van der Waals surface area contributed by atoms with Crippen LogP contribution in [0.2, 0.25) is 0 Å². The molecule has 1 amide bonds. The Morgan fingerprint density at radius 3 is 2.63 bits per heavy atom. The first kappa shape index (κ1) is 30.5. The van der Waals surface area contributed by atoms with Crippen LogP contribution in [0.25, 0.3) is 22.3 Å². The minimum atomic E-state index is -1.91. The van der Waals surface area contributed by atoms with E-state index in [1.54, 1.807) is 41.8 Å². The number of hydrogen-bond donors (Lipinski definition) is 3. The Morgan fingerprint density at radius 1 is 1.13 bits per heavy atom. The Labute approximate surface area is 261 Å². The molecule has 2 aliphatic heterocycles. The maximum absolute atomic E-state index is 13.7. The molecule has 0 radical (unpaired) electrons. The van der Waals surface area contributed by atoms with Crippen molar-refractivity contribution in [2.75, 3.05) is 5.32 Å². The second-order valence-corrected chi connectivity index (χ2v) is 11.1. The van der Waals surface area contributed by atoms with Gasteiger partial charge < -0.3 is 34.9 Å². The van der Waals surface area contributed by atoms with Crippen molar-refractivity contribution in [2.45, 2.75) is 57.6 Å². The van der Waals surface area contributed by atoms with Crippen molar-refractivity contribution in [3.8, 4) is 11.4 Å². The maximum Gasteiger partial charge on any atom is 0.510 e. The third-order valence-electron chi connectivity index (χ3n) is 8.24. The standard InChI is InChI=1S/C33H30N4O9/c1-2-33(46-32(43)45-16-18-7-9-21(10-8-18)35-27(38)12-11-24(34)30(40)41)23-14-26-28-20(13-19-5-3-4-6-25(19)36-28)15-37(26)29(39)22(23)17-44-31(33)42/h3-10,13-14,24H,2,11-12,15-17,34H2,1H3,(H,35,38)(H,40,41)/t24?,33-/m0/s1. The summed E-state index contributed by atoms with van der Waals surface area (Å²) in [6, 6.07) is 16.6. The van der Waals surface area contributed by atoms with Crippen LogP contribution in [0.4, 0.5) is 10.5 Å². The van der Waals surface area contributed by atoms with E-state index in [2.05, 4.69) is 5.32 Å². The molecule has 4 N–H and O–H groups in total. The fraction of sp³-hybridized carbons (Fsp3) is 0.273. The van der Waals surface area contributed by atoms with E-state index in [1.807, 2.05) is 30.3 Å². The zero-order chi connectivity index (χ0) is 32.6. The number of carbonyl (C=O) groups excluding carboxylic acids is 3. The first-order valence-electron chi connectivity index (χ1n) is 14.7. The van der Waals surface area contributed by atoms with Gasteiger partial charge in [-0.1, -0.05) is 37.3 Å². The van der Waals surface area contributed by atoms with Crippen LogP contribution in [0.3, 0.4) is 0 Å². The van der Waals surface area contributed by atoms with Crippen LogP contribution < -0.4 is 16.6 Å². The first-order chi connectivity index (χ1) is 22.1. The van der Waals surface area contributed by atoms with Gasteiger partial charge in [-0.15, -0.1) is 0 Å². The Bertz CT molecular complexity index is 1950. The summed E-state index contributed by atoms with van der Waals surface area (Å²) < 4.78 is 18.0. The number of fused-ring (bicyclic) bond motifs is 5. The highest BCUT2D eigenvalue weighted by Gasteiger charge is 2.51. The lowest BCUT2D eigenvalue weighted by Gasteiger charge is -2.35. The van der Waals surface area contributed by atoms with Gasteiger partial charge in [-0.25, -0.2) is 14.6 Å². The van der Waals surface area contributed by atoms with Crippen LogP contribution in [0.1, 0.15) is 48.4 Å². The number of carbonyl (C=O) groups is 4. The highest BCUT2D eigenvalue weighted by molar-refractivity contribution is 5.91. The second-order valence-electron chi connectivity index (χ2n) is 11.1. The lowest BCUT2D eigenvalue weighted by molar-refractivity contribution is -0.175. The van der Waals surface area contributed by atoms with E-state index in [4.69, 9.17) is 30.0 Å². The fourth-order valence-electron chi connectivity index (χ4n) is 5.71. The van der Waals surface area contributed by atoms with Crippen LogP contribution in [-0.4, -0.2) is 44.7 Å². The summed E-state index contributed by atoms with van der Waals surface area (Å²) in [6.07, 6.45) is -1.22. The van der Waals surface area contributed by atoms with Gasteiger partial charge in [0.1, 0.15) is 19.3 Å². The number of pyridine rings is 2. The Balaban J connectivity index is 1.18. The van der Waals surface area contributed by atoms with Gasteiger partial charge in [-0.2, -0.15) is 0 Å². The predicted octanol–water partition coefficient (Wildman–Crippen LogP) is 3.57. The molecule has 2 aromatic heterocycles. The van der Waals surface area contributed by atoms with Crippen molar-refractivity contribution in [1.82, 2.24) is 9.55 Å². The highest BCUT2D eigenvalue weighted by atomic mass is 16.7. The van der Waals surface area contributed by atoms with E-state index in [1.165, 1.54) is 0 Å². The number of nitrogens with one attached hydrogen (secondary N) is 1. The molecule has 4 aromatic rings. The van der Waals surface area contributed by atoms with E-state index >= 15 is 0 Å². The largest absolute Gasteiger partial charge is 0.510 e. The van der Waals surface area contributed by atoms with Gasteiger partial charge in [-0.05, 0) is 48.7 Å². The third kappa shape index (κ3) is 5.56. The second kappa shape index (κ2) is 12.1. The number of carboxylic acid groups (broad SMARTS) is 1. The fourth-order valence-corrected chi connectivity index (χ4v) is 5.71. The number of hydrogen-bond acceptors (Lipinski definition) is 10. The summed E-state index contributed by atoms with van der Waals surface area (Å²) in [5.74, 6) is -2.38. The number of benzene rings is 2. The Morgan fingerprint density at radius 2 is 1.89 bits per heavy atom. The van der Waals surface area contributed by atoms with Crippen LogP contribution >= 0.6 is 0 Å². The number of para-hydroxylation sites is 1. The first-order valence-corrected chi connectivity index (χ1v) is 14.7. The number of esters is 1.